The van der Waals surface area contributed by atoms with E-state index in [1.165, 1.54) is 17.7 Å². The minimum Gasteiger partial charge on any atom is -0.342 e. The smallest absolute Gasteiger partial charge is 0.226 e. The van der Waals surface area contributed by atoms with Crippen LogP contribution in [0.3, 0.4) is 0 Å². The van der Waals surface area contributed by atoms with Gasteiger partial charge in [-0.3, -0.25) is 4.79 Å². The molecule has 3 heterocycles. The first-order valence-electron chi connectivity index (χ1n) is 7.47. The van der Waals surface area contributed by atoms with Gasteiger partial charge >= 0.3 is 0 Å². The van der Waals surface area contributed by atoms with Gasteiger partial charge in [0.1, 0.15) is 6.54 Å². The maximum absolute atomic E-state index is 12.3. The lowest BCUT2D eigenvalue weighted by Gasteiger charge is -2.30. The van der Waals surface area contributed by atoms with Gasteiger partial charge < -0.3 is 9.80 Å². The molecule has 0 aliphatic carbocycles. The summed E-state index contributed by atoms with van der Waals surface area (Å²) in [4.78, 5) is 17.6. The van der Waals surface area contributed by atoms with Gasteiger partial charge in [-0.15, -0.1) is 11.3 Å². The quantitative estimate of drug-likeness (QED) is 0.882. The molecule has 19 heavy (non-hydrogen) atoms. The fraction of sp³-hybridized carbons (Fsp3) is 0.667. The third-order valence-corrected chi connectivity index (χ3v) is 5.34. The highest BCUT2D eigenvalue weighted by atomic mass is 32.1. The van der Waals surface area contributed by atoms with Crippen LogP contribution in [0.4, 0.5) is 0 Å². The van der Waals surface area contributed by atoms with E-state index in [9.17, 15) is 4.79 Å². The van der Waals surface area contributed by atoms with Crippen LogP contribution in [0.1, 0.15) is 30.6 Å². The van der Waals surface area contributed by atoms with Gasteiger partial charge in [0.2, 0.25) is 5.91 Å². The molecule has 3 nitrogen and oxygen atoms in total. The molecule has 2 aliphatic rings. The number of hydrogen-bond acceptors (Lipinski definition) is 2. The molecule has 1 N–H and O–H groups in total. The molecule has 104 valence electrons. The number of hydrogen-bond donors (Lipinski definition) is 1. The predicted octanol–water partition coefficient (Wildman–Crippen LogP) is 1.17. The zero-order valence-electron chi connectivity index (χ0n) is 11.4. The lowest BCUT2D eigenvalue weighted by molar-refractivity contribution is -0.919. The molecule has 4 heteroatoms. The first kappa shape index (κ1) is 13.1. The summed E-state index contributed by atoms with van der Waals surface area (Å²) >= 11 is 1.85. The summed E-state index contributed by atoms with van der Waals surface area (Å²) in [5, 5.41) is 2.15. The largest absolute Gasteiger partial charge is 0.342 e. The van der Waals surface area contributed by atoms with Gasteiger partial charge in [0, 0.05) is 31.8 Å². The summed E-state index contributed by atoms with van der Waals surface area (Å²) in [6.07, 6.45) is 4.56. The van der Waals surface area contributed by atoms with E-state index >= 15 is 0 Å². The van der Waals surface area contributed by atoms with Crippen molar-refractivity contribution < 1.29 is 9.69 Å². The Hall–Kier alpha value is -0.870. The van der Waals surface area contributed by atoms with Crippen LogP contribution < -0.4 is 4.90 Å². The van der Waals surface area contributed by atoms with E-state index in [4.69, 9.17) is 0 Å². The molecule has 0 radical (unpaired) electrons. The number of piperidine rings is 1. The van der Waals surface area contributed by atoms with Crippen molar-refractivity contribution >= 4 is 17.2 Å². The molecular formula is C15H23N2OS+. The highest BCUT2D eigenvalue weighted by Crippen LogP contribution is 2.18. The topological polar surface area (TPSA) is 24.8 Å². The Morgan fingerprint density at radius 1 is 1.32 bits per heavy atom. The van der Waals surface area contributed by atoms with E-state index < -0.39 is 0 Å². The molecule has 3 rings (SSSR count). The minimum absolute atomic E-state index is 0.310. The van der Waals surface area contributed by atoms with Crippen molar-refractivity contribution in [2.45, 2.75) is 32.2 Å². The van der Waals surface area contributed by atoms with Gasteiger partial charge in [0.05, 0.1) is 18.0 Å². The summed E-state index contributed by atoms with van der Waals surface area (Å²) in [6, 6.07) is 4.35. The molecule has 2 fully saturated rings. The van der Waals surface area contributed by atoms with Gasteiger partial charge in [-0.1, -0.05) is 6.07 Å². The SMILES string of the molecule is O=C(C1CC[NH+](Cc2cccs2)CC1)N1CCCC1. The molecule has 0 saturated carbocycles. The first-order chi connectivity index (χ1) is 9.33. The third-order valence-electron chi connectivity index (χ3n) is 4.46. The van der Waals surface area contributed by atoms with Gasteiger partial charge in [-0.05, 0) is 24.3 Å². The average Bonchev–Trinajstić information content (AvgIpc) is 3.12. The Kier molecular flexibility index (Phi) is 4.18. The van der Waals surface area contributed by atoms with E-state index in [2.05, 4.69) is 22.4 Å². The van der Waals surface area contributed by atoms with Gasteiger partial charge in [-0.25, -0.2) is 0 Å². The molecule has 0 spiro atoms. The number of nitrogens with one attached hydrogen (secondary N) is 1. The predicted molar refractivity (Wildman–Crippen MR) is 77.3 cm³/mol. The van der Waals surface area contributed by atoms with E-state index in [-0.39, 0.29) is 0 Å². The van der Waals surface area contributed by atoms with Gasteiger partial charge in [-0.2, -0.15) is 0 Å². The van der Waals surface area contributed by atoms with E-state index in [1.807, 2.05) is 11.3 Å². The minimum atomic E-state index is 0.310. The number of rotatable bonds is 3. The number of amides is 1. The van der Waals surface area contributed by atoms with Crippen LogP contribution in [0.25, 0.3) is 0 Å². The second kappa shape index (κ2) is 6.06. The maximum Gasteiger partial charge on any atom is 0.226 e. The maximum atomic E-state index is 12.3. The second-order valence-corrected chi connectivity index (χ2v) is 6.85. The Morgan fingerprint density at radius 3 is 2.68 bits per heavy atom. The Labute approximate surface area is 119 Å². The monoisotopic (exact) mass is 279 g/mol. The van der Waals surface area contributed by atoms with Crippen LogP contribution >= 0.6 is 11.3 Å². The second-order valence-electron chi connectivity index (χ2n) is 5.81. The molecule has 2 aliphatic heterocycles. The molecule has 0 unspecified atom stereocenters. The van der Waals surface area contributed by atoms with E-state index in [1.54, 1.807) is 4.90 Å². The first-order valence-corrected chi connectivity index (χ1v) is 8.35. The molecule has 1 amide bonds. The number of carbonyl (C=O) groups excluding carboxylic acids is 1. The Bertz CT molecular complexity index is 404. The molecule has 0 atom stereocenters. The van der Waals surface area contributed by atoms with Crippen molar-refractivity contribution in [1.29, 1.82) is 0 Å². The standard InChI is InChI=1S/C15H22N2OS/c18-15(17-7-1-2-8-17)13-5-9-16(10-6-13)12-14-4-3-11-19-14/h3-4,11,13H,1-2,5-10,12H2/p+1. The summed E-state index contributed by atoms with van der Waals surface area (Å²) in [6.45, 7) is 5.45. The van der Waals surface area contributed by atoms with Crippen molar-refractivity contribution in [3.63, 3.8) is 0 Å². The number of thiophene rings is 1. The lowest BCUT2D eigenvalue weighted by Crippen LogP contribution is -3.11. The van der Waals surface area contributed by atoms with Crippen molar-refractivity contribution in [1.82, 2.24) is 4.90 Å². The number of quaternary nitrogens is 1. The van der Waals surface area contributed by atoms with E-state index in [0.717, 1.165) is 45.6 Å². The molecule has 0 bridgehead atoms. The number of likely N-dealkylation sites (tertiary alicyclic amines) is 2. The normalized spacial score (nSPS) is 27.7. The van der Waals surface area contributed by atoms with Crippen molar-refractivity contribution in [2.75, 3.05) is 26.2 Å². The molecule has 1 aromatic rings. The summed E-state index contributed by atoms with van der Waals surface area (Å²) in [5.41, 5.74) is 0. The van der Waals surface area contributed by atoms with Crippen LogP contribution in [-0.2, 0) is 11.3 Å². The zero-order chi connectivity index (χ0) is 13.1. The highest BCUT2D eigenvalue weighted by molar-refractivity contribution is 7.09. The van der Waals surface area contributed by atoms with Crippen LogP contribution in [0.2, 0.25) is 0 Å². The van der Waals surface area contributed by atoms with Crippen molar-refractivity contribution in [3.8, 4) is 0 Å². The fourth-order valence-corrected chi connectivity index (χ4v) is 4.08. The zero-order valence-corrected chi connectivity index (χ0v) is 12.3. The Morgan fingerprint density at radius 2 is 2.05 bits per heavy atom. The Balaban J connectivity index is 1.47. The van der Waals surface area contributed by atoms with Crippen LogP contribution in [-0.4, -0.2) is 37.0 Å². The lowest BCUT2D eigenvalue weighted by atomic mass is 9.95. The fourth-order valence-electron chi connectivity index (χ4n) is 3.31. The van der Waals surface area contributed by atoms with Gasteiger partial charge in [0.25, 0.3) is 0 Å². The van der Waals surface area contributed by atoms with Crippen LogP contribution in [0.5, 0.6) is 0 Å². The summed E-state index contributed by atoms with van der Waals surface area (Å²) < 4.78 is 0. The van der Waals surface area contributed by atoms with Gasteiger partial charge in [0.15, 0.2) is 0 Å². The summed E-state index contributed by atoms with van der Waals surface area (Å²) in [5.74, 6) is 0.748. The molecule has 1 aromatic heterocycles. The molecule has 2 saturated heterocycles. The highest BCUT2D eigenvalue weighted by Gasteiger charge is 2.31. The third kappa shape index (κ3) is 3.18. The van der Waals surface area contributed by atoms with Crippen LogP contribution in [0, 0.1) is 5.92 Å². The molecular weight excluding hydrogens is 256 g/mol. The number of carbonyl (C=O) groups is 1. The van der Waals surface area contributed by atoms with Crippen molar-refractivity contribution in [3.05, 3.63) is 22.4 Å². The van der Waals surface area contributed by atoms with E-state index in [0.29, 0.717) is 11.8 Å². The van der Waals surface area contributed by atoms with Crippen molar-refractivity contribution in [2.24, 2.45) is 5.92 Å². The van der Waals surface area contributed by atoms with Crippen LogP contribution in [0.15, 0.2) is 17.5 Å². The summed E-state index contributed by atoms with van der Waals surface area (Å²) in [7, 11) is 0. The molecule has 0 aromatic carbocycles. The number of nitrogens with zero attached hydrogens (tertiary/aromatic N) is 1. The average molecular weight is 279 g/mol.